The first-order valence-corrected chi connectivity index (χ1v) is 13.7. The average molecular weight is 534 g/mol. The fourth-order valence-corrected chi connectivity index (χ4v) is 7.17. The minimum Gasteiger partial charge on any atom is -0.490 e. The van der Waals surface area contributed by atoms with Gasteiger partial charge in [-0.25, -0.2) is 12.8 Å². The third-order valence-corrected chi connectivity index (χ3v) is 8.87. The summed E-state index contributed by atoms with van der Waals surface area (Å²) >= 11 is 7.37. The molecule has 4 N–H and O–H groups in total. The van der Waals surface area contributed by atoms with E-state index in [1.165, 1.54) is 12.1 Å². The zero-order chi connectivity index (χ0) is 24.4. The third-order valence-electron chi connectivity index (χ3n) is 4.44. The molecule has 14 heteroatoms. The van der Waals surface area contributed by atoms with Gasteiger partial charge in [0, 0.05) is 22.3 Å². The molecule has 33 heavy (non-hydrogen) atoms. The molecule has 0 aliphatic heterocycles. The van der Waals surface area contributed by atoms with E-state index in [1.54, 1.807) is 31.2 Å². The molecule has 0 fully saturated rings. The highest BCUT2D eigenvalue weighted by Crippen LogP contribution is 2.42. The topological polar surface area (TPSA) is 149 Å². The molecule has 0 radical (unpaired) electrons. The lowest BCUT2D eigenvalue weighted by atomic mass is 10.2. The number of nitriles is 1. The van der Waals surface area contributed by atoms with Crippen LogP contribution in [-0.4, -0.2) is 37.6 Å². The molecule has 9 nitrogen and oxygen atoms in total. The minimum atomic E-state index is -4.57. The standard InChI is InChI=1S/C19H18ClFN3O6PS2/c1-11-17-16(32-19(11)33(28,29)24-10-31(25,26)27)5-4-15(18(17)20)30-7-6-23-13-3-2-12(9-22)14(21)8-13/h2-5,8,23-24H,6-7,10H2,1H3,(H2,25,26,27). The number of halogens is 2. The molecule has 0 atom stereocenters. The Morgan fingerprint density at radius 2 is 2.03 bits per heavy atom. The number of benzene rings is 2. The van der Waals surface area contributed by atoms with Crippen molar-refractivity contribution in [2.75, 3.05) is 24.8 Å². The van der Waals surface area contributed by atoms with Crippen LogP contribution >= 0.6 is 30.5 Å². The number of rotatable bonds is 9. The van der Waals surface area contributed by atoms with Crippen LogP contribution in [0.2, 0.25) is 5.02 Å². The number of aryl methyl sites for hydroxylation is 1. The summed E-state index contributed by atoms with van der Waals surface area (Å²) < 4.78 is 57.7. The van der Waals surface area contributed by atoms with E-state index in [0.717, 1.165) is 11.3 Å². The van der Waals surface area contributed by atoms with Crippen molar-refractivity contribution in [1.29, 1.82) is 5.26 Å². The Kier molecular flexibility index (Phi) is 7.65. The second-order valence-electron chi connectivity index (χ2n) is 6.82. The fourth-order valence-electron chi connectivity index (χ4n) is 2.93. The maximum absolute atomic E-state index is 13.7. The van der Waals surface area contributed by atoms with Gasteiger partial charge in [-0.3, -0.25) is 4.57 Å². The summed E-state index contributed by atoms with van der Waals surface area (Å²) in [5.41, 5.74) is 0.749. The maximum atomic E-state index is 13.7. The molecule has 0 bridgehead atoms. The predicted molar refractivity (Wildman–Crippen MR) is 124 cm³/mol. The average Bonchev–Trinajstić information content (AvgIpc) is 3.09. The van der Waals surface area contributed by atoms with Gasteiger partial charge in [-0.2, -0.15) is 9.98 Å². The molecule has 0 saturated carbocycles. The van der Waals surface area contributed by atoms with Crippen LogP contribution in [0.4, 0.5) is 10.1 Å². The van der Waals surface area contributed by atoms with Crippen molar-refractivity contribution in [3.63, 3.8) is 0 Å². The van der Waals surface area contributed by atoms with Crippen LogP contribution in [0.3, 0.4) is 0 Å². The van der Waals surface area contributed by atoms with Gasteiger partial charge in [0.05, 0.1) is 10.6 Å². The molecular weight excluding hydrogens is 516 g/mol. The van der Waals surface area contributed by atoms with E-state index in [-0.39, 0.29) is 21.4 Å². The van der Waals surface area contributed by atoms with Crippen LogP contribution in [0, 0.1) is 24.1 Å². The fraction of sp³-hybridized carbons (Fsp3) is 0.211. The molecule has 2 aromatic carbocycles. The number of hydrogen-bond acceptors (Lipinski definition) is 7. The van der Waals surface area contributed by atoms with Gasteiger partial charge >= 0.3 is 7.60 Å². The van der Waals surface area contributed by atoms with Crippen LogP contribution < -0.4 is 14.8 Å². The Balaban J connectivity index is 1.73. The molecule has 0 saturated heterocycles. The first-order chi connectivity index (χ1) is 15.4. The number of thiophene rings is 1. The van der Waals surface area contributed by atoms with E-state index < -0.39 is 29.7 Å². The normalized spacial score (nSPS) is 12.0. The van der Waals surface area contributed by atoms with Gasteiger partial charge in [0.2, 0.25) is 0 Å². The van der Waals surface area contributed by atoms with Crippen molar-refractivity contribution < 1.29 is 31.9 Å². The lowest BCUT2D eigenvalue weighted by Crippen LogP contribution is -2.24. The second kappa shape index (κ2) is 9.95. The monoisotopic (exact) mass is 533 g/mol. The van der Waals surface area contributed by atoms with Crippen LogP contribution in [0.1, 0.15) is 11.1 Å². The van der Waals surface area contributed by atoms with Gasteiger partial charge in [0.25, 0.3) is 10.0 Å². The number of nitrogens with one attached hydrogen (secondary N) is 2. The molecule has 1 aromatic heterocycles. The molecule has 0 amide bonds. The largest absolute Gasteiger partial charge is 0.490 e. The van der Waals surface area contributed by atoms with Gasteiger partial charge in [0.1, 0.15) is 34.7 Å². The van der Waals surface area contributed by atoms with E-state index in [0.29, 0.717) is 33.6 Å². The van der Waals surface area contributed by atoms with Crippen LogP contribution in [0.15, 0.2) is 34.5 Å². The molecule has 176 valence electrons. The SMILES string of the molecule is Cc1c(S(=O)(=O)NCP(=O)(O)O)sc2ccc(OCCNc3ccc(C#N)c(F)c3)c(Cl)c12. The first-order valence-electron chi connectivity index (χ1n) is 9.25. The molecule has 3 rings (SSSR count). The van der Waals surface area contributed by atoms with E-state index >= 15 is 0 Å². The molecule has 0 aliphatic carbocycles. The van der Waals surface area contributed by atoms with Gasteiger partial charge in [-0.05, 0) is 42.8 Å². The maximum Gasteiger partial charge on any atom is 0.340 e. The van der Waals surface area contributed by atoms with Gasteiger partial charge in [-0.1, -0.05) is 11.6 Å². The highest BCUT2D eigenvalue weighted by molar-refractivity contribution is 7.92. The Labute approximate surface area is 198 Å². The molecule has 3 aromatic rings. The molecular formula is C19H18ClFN3O6PS2. The summed E-state index contributed by atoms with van der Waals surface area (Å²) in [6.07, 6.45) is -1.01. The zero-order valence-corrected chi connectivity index (χ0v) is 20.3. The summed E-state index contributed by atoms with van der Waals surface area (Å²) in [6, 6.07) is 9.10. The summed E-state index contributed by atoms with van der Waals surface area (Å²) in [4.78, 5) is 17.9. The van der Waals surface area contributed by atoms with Gasteiger partial charge in [0.15, 0.2) is 0 Å². The summed E-state index contributed by atoms with van der Waals surface area (Å²) in [6.45, 7) is 2.00. The number of nitrogens with zero attached hydrogens (tertiary/aromatic N) is 1. The van der Waals surface area contributed by atoms with E-state index in [9.17, 15) is 17.4 Å². The van der Waals surface area contributed by atoms with Crippen molar-refractivity contribution in [3.8, 4) is 11.8 Å². The van der Waals surface area contributed by atoms with Crippen LogP contribution in [-0.2, 0) is 14.6 Å². The predicted octanol–water partition coefficient (Wildman–Crippen LogP) is 3.78. The number of fused-ring (bicyclic) bond motifs is 1. The van der Waals surface area contributed by atoms with Gasteiger partial charge < -0.3 is 19.8 Å². The van der Waals surface area contributed by atoms with Crippen molar-refractivity contribution in [3.05, 3.63) is 52.3 Å². The summed E-state index contributed by atoms with van der Waals surface area (Å²) in [5.74, 6) is -0.323. The lowest BCUT2D eigenvalue weighted by Gasteiger charge is -2.11. The number of ether oxygens (including phenoxy) is 1. The van der Waals surface area contributed by atoms with Crippen molar-refractivity contribution in [2.24, 2.45) is 0 Å². The quantitative estimate of drug-likeness (QED) is 0.240. The Morgan fingerprint density at radius 3 is 2.67 bits per heavy atom. The highest BCUT2D eigenvalue weighted by Gasteiger charge is 2.26. The van der Waals surface area contributed by atoms with Crippen molar-refractivity contribution in [1.82, 2.24) is 4.72 Å². The Bertz CT molecular complexity index is 1400. The number of hydrogen-bond donors (Lipinski definition) is 4. The Hall–Kier alpha value is -2.23. The smallest absolute Gasteiger partial charge is 0.340 e. The molecule has 0 spiro atoms. The van der Waals surface area contributed by atoms with E-state index in [4.69, 9.17) is 31.4 Å². The van der Waals surface area contributed by atoms with Gasteiger partial charge in [-0.15, -0.1) is 11.3 Å². The van der Waals surface area contributed by atoms with Crippen LogP contribution in [0.25, 0.3) is 10.1 Å². The minimum absolute atomic E-state index is 0.0543. The molecule has 0 aliphatic rings. The van der Waals surface area contributed by atoms with E-state index in [1.807, 2.05) is 4.72 Å². The molecule has 1 heterocycles. The molecule has 0 unspecified atom stereocenters. The van der Waals surface area contributed by atoms with Crippen molar-refractivity contribution in [2.45, 2.75) is 11.1 Å². The van der Waals surface area contributed by atoms with Crippen LogP contribution in [0.5, 0.6) is 5.75 Å². The Morgan fingerprint density at radius 1 is 1.30 bits per heavy atom. The number of anilines is 1. The lowest BCUT2D eigenvalue weighted by molar-refractivity contribution is 0.333. The summed E-state index contributed by atoms with van der Waals surface area (Å²) in [7, 11) is -8.73. The third kappa shape index (κ3) is 6.02. The summed E-state index contributed by atoms with van der Waals surface area (Å²) in [5, 5.41) is 12.4. The first kappa shape index (κ1) is 25.4. The number of sulfonamides is 1. The second-order valence-corrected chi connectivity index (χ2v) is 11.9. The van der Waals surface area contributed by atoms with E-state index in [2.05, 4.69) is 5.32 Å². The highest BCUT2D eigenvalue weighted by atomic mass is 35.5. The zero-order valence-electron chi connectivity index (χ0n) is 17.0. The van der Waals surface area contributed by atoms with Crippen molar-refractivity contribution >= 4 is 56.3 Å².